The lowest BCUT2D eigenvalue weighted by atomic mass is 9.80. The zero-order valence-corrected chi connectivity index (χ0v) is 12.7. The van der Waals surface area contributed by atoms with Gasteiger partial charge in [-0.25, -0.2) is 0 Å². The van der Waals surface area contributed by atoms with Gasteiger partial charge in [0.2, 0.25) is 0 Å². The Kier molecular flexibility index (Phi) is 4.17. The summed E-state index contributed by atoms with van der Waals surface area (Å²) in [6, 6.07) is 6.81. The van der Waals surface area contributed by atoms with Crippen LogP contribution >= 0.6 is 22.6 Å². The van der Waals surface area contributed by atoms with E-state index in [1.807, 2.05) is 6.07 Å². The Bertz CT molecular complexity index is 392. The molecule has 1 saturated carbocycles. The maximum Gasteiger partial charge on any atom is 0.0576 e. The zero-order chi connectivity index (χ0) is 12.4. The molecule has 3 heteroatoms. The maximum absolute atomic E-state index is 6.04. The summed E-state index contributed by atoms with van der Waals surface area (Å²) < 4.78 is 1.19. The van der Waals surface area contributed by atoms with Crippen molar-refractivity contribution in [1.29, 1.82) is 0 Å². The smallest absolute Gasteiger partial charge is 0.0576 e. The molecular weight excluding hydrogens is 323 g/mol. The molecule has 1 fully saturated rings. The molecule has 0 radical (unpaired) electrons. The van der Waals surface area contributed by atoms with Crippen LogP contribution < -0.4 is 11.1 Å². The van der Waals surface area contributed by atoms with Crippen molar-refractivity contribution in [1.82, 2.24) is 0 Å². The number of hydrogen-bond acceptors (Lipinski definition) is 2. The van der Waals surface area contributed by atoms with Gasteiger partial charge in [-0.05, 0) is 71.9 Å². The van der Waals surface area contributed by atoms with Crippen LogP contribution in [0.3, 0.4) is 0 Å². The first-order chi connectivity index (χ1) is 8.06. The number of hydrogen-bond donors (Lipinski definition) is 2. The van der Waals surface area contributed by atoms with E-state index in [1.165, 1.54) is 22.8 Å². The summed E-state index contributed by atoms with van der Waals surface area (Å²) >= 11 is 2.29. The minimum Gasteiger partial charge on any atom is -0.397 e. The zero-order valence-electron chi connectivity index (χ0n) is 10.5. The number of nitrogens with two attached hydrogens (primary N) is 1. The van der Waals surface area contributed by atoms with Crippen molar-refractivity contribution in [3.05, 3.63) is 21.8 Å². The van der Waals surface area contributed by atoms with Crippen molar-refractivity contribution in [3.8, 4) is 0 Å². The van der Waals surface area contributed by atoms with Crippen molar-refractivity contribution in [2.45, 2.75) is 39.2 Å². The van der Waals surface area contributed by atoms with Crippen molar-refractivity contribution in [2.24, 2.45) is 11.8 Å². The Labute approximate surface area is 117 Å². The van der Waals surface area contributed by atoms with E-state index < -0.39 is 0 Å². The first-order valence-electron chi connectivity index (χ1n) is 6.38. The molecule has 3 atom stereocenters. The number of rotatable bonds is 2. The lowest BCUT2D eigenvalue weighted by Crippen LogP contribution is -2.33. The predicted molar refractivity (Wildman–Crippen MR) is 83.2 cm³/mol. The van der Waals surface area contributed by atoms with E-state index in [2.05, 4.69) is 53.9 Å². The molecule has 94 valence electrons. The number of anilines is 2. The van der Waals surface area contributed by atoms with Crippen molar-refractivity contribution in [3.63, 3.8) is 0 Å². The molecule has 0 aromatic heterocycles. The van der Waals surface area contributed by atoms with Crippen LogP contribution in [0, 0.1) is 15.4 Å². The Morgan fingerprint density at radius 3 is 2.71 bits per heavy atom. The van der Waals surface area contributed by atoms with Crippen LogP contribution in [0.4, 0.5) is 11.4 Å². The third-order valence-corrected chi connectivity index (χ3v) is 4.46. The van der Waals surface area contributed by atoms with E-state index >= 15 is 0 Å². The van der Waals surface area contributed by atoms with Crippen LogP contribution in [0.15, 0.2) is 18.2 Å². The molecule has 0 bridgehead atoms. The van der Waals surface area contributed by atoms with Gasteiger partial charge in [0, 0.05) is 9.61 Å². The molecule has 0 saturated heterocycles. The Morgan fingerprint density at radius 1 is 1.29 bits per heavy atom. The lowest BCUT2D eigenvalue weighted by Gasteiger charge is -2.34. The molecule has 2 rings (SSSR count). The van der Waals surface area contributed by atoms with Crippen LogP contribution in [0.25, 0.3) is 0 Å². The van der Waals surface area contributed by atoms with Crippen molar-refractivity contribution in [2.75, 3.05) is 11.1 Å². The third-order valence-electron chi connectivity index (χ3n) is 3.79. The van der Waals surface area contributed by atoms with Gasteiger partial charge < -0.3 is 11.1 Å². The van der Waals surface area contributed by atoms with Gasteiger partial charge in [-0.15, -0.1) is 0 Å². The van der Waals surface area contributed by atoms with Gasteiger partial charge in [0.15, 0.2) is 0 Å². The monoisotopic (exact) mass is 344 g/mol. The second-order valence-corrected chi connectivity index (χ2v) is 6.62. The second-order valence-electron chi connectivity index (χ2n) is 5.38. The normalized spacial score (nSPS) is 29.0. The molecule has 3 N–H and O–H groups in total. The Balaban J connectivity index is 2.05. The minimum absolute atomic E-state index is 0.577. The molecule has 3 unspecified atom stereocenters. The molecule has 1 aliphatic carbocycles. The minimum atomic E-state index is 0.577. The quantitative estimate of drug-likeness (QED) is 0.626. The van der Waals surface area contributed by atoms with Crippen molar-refractivity contribution >= 4 is 34.0 Å². The molecule has 1 aliphatic rings. The number of nitrogens with one attached hydrogen (secondary N) is 1. The Hall–Kier alpha value is -0.450. The van der Waals surface area contributed by atoms with E-state index in [4.69, 9.17) is 5.73 Å². The summed E-state index contributed by atoms with van der Waals surface area (Å²) in [4.78, 5) is 0. The van der Waals surface area contributed by atoms with E-state index in [-0.39, 0.29) is 0 Å². The molecule has 1 aromatic carbocycles. The molecule has 17 heavy (non-hydrogen) atoms. The standard InChI is InChI=1S/C14H21IN2/c1-9-3-5-13(10(2)7-9)17-14-6-4-11(15)8-12(14)16/h4,6,8-10,13,17H,3,5,7,16H2,1-2H3. The summed E-state index contributed by atoms with van der Waals surface area (Å²) in [5.41, 5.74) is 8.00. The van der Waals surface area contributed by atoms with Crippen LogP contribution in [0.1, 0.15) is 33.1 Å². The summed E-state index contributed by atoms with van der Waals surface area (Å²) in [5, 5.41) is 3.62. The highest BCUT2D eigenvalue weighted by Gasteiger charge is 2.25. The van der Waals surface area contributed by atoms with Crippen LogP contribution in [-0.4, -0.2) is 6.04 Å². The van der Waals surface area contributed by atoms with E-state index in [9.17, 15) is 0 Å². The number of halogens is 1. The highest BCUT2D eigenvalue weighted by atomic mass is 127. The largest absolute Gasteiger partial charge is 0.397 e. The number of benzene rings is 1. The SMILES string of the molecule is CC1CCC(Nc2ccc(I)cc2N)C(C)C1. The topological polar surface area (TPSA) is 38.0 Å². The highest BCUT2D eigenvalue weighted by molar-refractivity contribution is 14.1. The first-order valence-corrected chi connectivity index (χ1v) is 7.45. The summed E-state index contributed by atoms with van der Waals surface area (Å²) in [6.07, 6.45) is 3.90. The molecule has 0 heterocycles. The number of nitrogen functional groups attached to an aromatic ring is 1. The van der Waals surface area contributed by atoms with Gasteiger partial charge in [0.05, 0.1) is 11.4 Å². The summed E-state index contributed by atoms with van der Waals surface area (Å²) in [5.74, 6) is 1.61. The molecule has 0 amide bonds. The molecule has 1 aromatic rings. The van der Waals surface area contributed by atoms with E-state index in [0.717, 1.165) is 23.2 Å². The molecule has 0 aliphatic heterocycles. The van der Waals surface area contributed by atoms with Crippen LogP contribution in [0.2, 0.25) is 0 Å². The first kappa shape index (κ1) is 13.0. The van der Waals surface area contributed by atoms with Gasteiger partial charge in [-0.3, -0.25) is 0 Å². The van der Waals surface area contributed by atoms with Gasteiger partial charge in [-0.1, -0.05) is 13.8 Å². The fourth-order valence-corrected chi connectivity index (χ4v) is 3.26. The highest BCUT2D eigenvalue weighted by Crippen LogP contribution is 2.32. The van der Waals surface area contributed by atoms with E-state index in [1.54, 1.807) is 0 Å². The Morgan fingerprint density at radius 2 is 2.06 bits per heavy atom. The van der Waals surface area contributed by atoms with Gasteiger partial charge >= 0.3 is 0 Å². The van der Waals surface area contributed by atoms with Gasteiger partial charge in [-0.2, -0.15) is 0 Å². The fourth-order valence-electron chi connectivity index (χ4n) is 2.74. The molecular formula is C14H21IN2. The van der Waals surface area contributed by atoms with Crippen molar-refractivity contribution < 1.29 is 0 Å². The maximum atomic E-state index is 6.04. The molecule has 0 spiro atoms. The third kappa shape index (κ3) is 3.27. The molecule has 2 nitrogen and oxygen atoms in total. The second kappa shape index (κ2) is 5.46. The average Bonchev–Trinajstić information content (AvgIpc) is 2.25. The lowest BCUT2D eigenvalue weighted by molar-refractivity contribution is 0.276. The summed E-state index contributed by atoms with van der Waals surface area (Å²) in [7, 11) is 0. The fraction of sp³-hybridized carbons (Fsp3) is 0.571. The predicted octanol–water partition coefficient (Wildman–Crippen LogP) is 4.11. The van der Waals surface area contributed by atoms with Gasteiger partial charge in [0.1, 0.15) is 0 Å². The van der Waals surface area contributed by atoms with Gasteiger partial charge in [0.25, 0.3) is 0 Å². The van der Waals surface area contributed by atoms with E-state index in [0.29, 0.717) is 6.04 Å². The summed E-state index contributed by atoms with van der Waals surface area (Å²) in [6.45, 7) is 4.70. The van der Waals surface area contributed by atoms with Crippen LogP contribution in [0.5, 0.6) is 0 Å². The van der Waals surface area contributed by atoms with Crippen LogP contribution in [-0.2, 0) is 0 Å². The average molecular weight is 344 g/mol.